The van der Waals surface area contributed by atoms with Gasteiger partial charge in [0.1, 0.15) is 5.82 Å². The van der Waals surface area contributed by atoms with Gasteiger partial charge in [-0.05, 0) is 6.07 Å². The number of β-amino-alcohol motifs (C(OH)–C–C–N with tert-alkyl or cyclic N) is 2. The maximum atomic E-state index is 9.36. The summed E-state index contributed by atoms with van der Waals surface area (Å²) < 4.78 is 0. The number of aliphatic hydroxyl groups is 2. The Balaban J connectivity index is 2.17. The molecule has 0 amide bonds. The quantitative estimate of drug-likeness (QED) is 0.547. The third-order valence-electron chi connectivity index (χ3n) is 2.39. The molecule has 5 nitrogen and oxygen atoms in total. The minimum Gasteiger partial charge on any atom is -0.389 e. The van der Waals surface area contributed by atoms with E-state index in [0.29, 0.717) is 18.9 Å². The van der Waals surface area contributed by atoms with Gasteiger partial charge in [0.15, 0.2) is 0 Å². The number of rotatable bonds is 1. The largest absolute Gasteiger partial charge is 0.389 e. The van der Waals surface area contributed by atoms with Crippen molar-refractivity contribution in [2.75, 3.05) is 23.7 Å². The SMILES string of the molecule is Nc1cc(N2CC(O)C(O)C2)ccn1. The lowest BCUT2D eigenvalue weighted by Crippen LogP contribution is -2.22. The van der Waals surface area contributed by atoms with Crippen molar-refractivity contribution >= 4 is 11.5 Å². The molecule has 1 aromatic heterocycles. The average Bonchev–Trinajstić information content (AvgIpc) is 2.47. The van der Waals surface area contributed by atoms with Crippen molar-refractivity contribution in [3.05, 3.63) is 18.3 Å². The number of pyridine rings is 1. The van der Waals surface area contributed by atoms with Gasteiger partial charge >= 0.3 is 0 Å². The van der Waals surface area contributed by atoms with Gasteiger partial charge in [-0.25, -0.2) is 4.98 Å². The van der Waals surface area contributed by atoms with E-state index in [1.807, 2.05) is 4.90 Å². The first-order valence-electron chi connectivity index (χ1n) is 4.49. The molecule has 0 radical (unpaired) electrons. The molecule has 5 heteroatoms. The predicted octanol–water partition coefficient (Wildman–Crippen LogP) is -0.794. The summed E-state index contributed by atoms with van der Waals surface area (Å²) in [6.07, 6.45) is 0.260. The van der Waals surface area contributed by atoms with Crippen molar-refractivity contribution in [3.63, 3.8) is 0 Å². The maximum Gasteiger partial charge on any atom is 0.125 e. The predicted molar refractivity (Wildman–Crippen MR) is 52.9 cm³/mol. The third kappa shape index (κ3) is 1.64. The second-order valence-corrected chi connectivity index (χ2v) is 3.48. The standard InChI is InChI=1S/C9H13N3O2/c10-9-3-6(1-2-11-9)12-4-7(13)8(14)5-12/h1-3,7-8,13-14H,4-5H2,(H2,10,11). The first-order valence-corrected chi connectivity index (χ1v) is 4.49. The summed E-state index contributed by atoms with van der Waals surface area (Å²) in [7, 11) is 0. The highest BCUT2D eigenvalue weighted by molar-refractivity contribution is 5.53. The number of aliphatic hydroxyl groups excluding tert-OH is 2. The van der Waals surface area contributed by atoms with Crippen molar-refractivity contribution in [2.45, 2.75) is 12.2 Å². The molecular formula is C9H13N3O2. The summed E-state index contributed by atoms with van der Waals surface area (Å²) in [5, 5.41) is 18.7. The molecule has 2 unspecified atom stereocenters. The van der Waals surface area contributed by atoms with E-state index in [4.69, 9.17) is 5.73 Å². The van der Waals surface area contributed by atoms with Crippen LogP contribution in [0.2, 0.25) is 0 Å². The number of anilines is 2. The molecular weight excluding hydrogens is 182 g/mol. The van der Waals surface area contributed by atoms with Crippen LogP contribution in [0, 0.1) is 0 Å². The Morgan fingerprint density at radius 1 is 1.36 bits per heavy atom. The van der Waals surface area contributed by atoms with Crippen molar-refractivity contribution in [3.8, 4) is 0 Å². The molecule has 76 valence electrons. The first kappa shape index (κ1) is 9.23. The third-order valence-corrected chi connectivity index (χ3v) is 2.39. The van der Waals surface area contributed by atoms with Crippen LogP contribution in [0.15, 0.2) is 18.3 Å². The highest BCUT2D eigenvalue weighted by Crippen LogP contribution is 2.21. The molecule has 0 bridgehead atoms. The molecule has 0 aromatic carbocycles. The van der Waals surface area contributed by atoms with Gasteiger partial charge in [0, 0.05) is 31.0 Å². The number of nitrogens with zero attached hydrogens (tertiary/aromatic N) is 2. The van der Waals surface area contributed by atoms with Gasteiger partial charge in [-0.1, -0.05) is 0 Å². The van der Waals surface area contributed by atoms with Crippen LogP contribution in [0.25, 0.3) is 0 Å². The Hall–Kier alpha value is -1.33. The summed E-state index contributed by atoms with van der Waals surface area (Å²) in [5.41, 5.74) is 6.42. The van der Waals surface area contributed by atoms with Gasteiger partial charge in [0.25, 0.3) is 0 Å². The zero-order chi connectivity index (χ0) is 10.1. The molecule has 2 rings (SSSR count). The molecule has 1 aliphatic heterocycles. The fraction of sp³-hybridized carbons (Fsp3) is 0.444. The summed E-state index contributed by atoms with van der Waals surface area (Å²) in [5.74, 6) is 0.443. The highest BCUT2D eigenvalue weighted by atomic mass is 16.3. The van der Waals surface area contributed by atoms with E-state index in [0.717, 1.165) is 5.69 Å². The lowest BCUT2D eigenvalue weighted by molar-refractivity contribution is 0.0572. The number of hydrogen-bond acceptors (Lipinski definition) is 5. The molecule has 1 aliphatic rings. The van der Waals surface area contributed by atoms with E-state index in [9.17, 15) is 10.2 Å². The summed E-state index contributed by atoms with van der Waals surface area (Å²) in [6, 6.07) is 3.53. The monoisotopic (exact) mass is 195 g/mol. The van der Waals surface area contributed by atoms with Crippen LogP contribution in [0.5, 0.6) is 0 Å². The normalized spacial score (nSPS) is 26.9. The van der Waals surface area contributed by atoms with Crippen molar-refractivity contribution in [1.29, 1.82) is 0 Å². The van der Waals surface area contributed by atoms with Crippen LogP contribution in [0.3, 0.4) is 0 Å². The van der Waals surface area contributed by atoms with Gasteiger partial charge in [0.2, 0.25) is 0 Å². The van der Waals surface area contributed by atoms with E-state index in [-0.39, 0.29) is 0 Å². The van der Waals surface area contributed by atoms with Crippen LogP contribution in [0.4, 0.5) is 11.5 Å². The van der Waals surface area contributed by atoms with Crippen LogP contribution in [-0.2, 0) is 0 Å². The van der Waals surface area contributed by atoms with Gasteiger partial charge in [-0.3, -0.25) is 0 Å². The Morgan fingerprint density at radius 2 is 2.00 bits per heavy atom. The lowest BCUT2D eigenvalue weighted by atomic mass is 10.3. The van der Waals surface area contributed by atoms with Crippen molar-refractivity contribution < 1.29 is 10.2 Å². The van der Waals surface area contributed by atoms with Crippen molar-refractivity contribution in [2.24, 2.45) is 0 Å². The van der Waals surface area contributed by atoms with Crippen LogP contribution >= 0.6 is 0 Å². The van der Waals surface area contributed by atoms with E-state index in [2.05, 4.69) is 4.98 Å². The molecule has 0 spiro atoms. The van der Waals surface area contributed by atoms with E-state index in [1.165, 1.54) is 0 Å². The average molecular weight is 195 g/mol. The molecule has 1 fully saturated rings. The maximum absolute atomic E-state index is 9.36. The molecule has 1 saturated heterocycles. The van der Waals surface area contributed by atoms with Crippen molar-refractivity contribution in [1.82, 2.24) is 4.98 Å². The second-order valence-electron chi connectivity index (χ2n) is 3.48. The summed E-state index contributed by atoms with van der Waals surface area (Å²) >= 11 is 0. The minimum atomic E-state index is -0.676. The Morgan fingerprint density at radius 3 is 2.57 bits per heavy atom. The van der Waals surface area contributed by atoms with Crippen LogP contribution in [0.1, 0.15) is 0 Å². The molecule has 0 saturated carbocycles. The zero-order valence-corrected chi connectivity index (χ0v) is 7.67. The fourth-order valence-corrected chi connectivity index (χ4v) is 1.61. The van der Waals surface area contributed by atoms with E-state index in [1.54, 1.807) is 18.3 Å². The Labute approximate surface area is 81.8 Å². The summed E-state index contributed by atoms with van der Waals surface area (Å²) in [6.45, 7) is 0.870. The van der Waals surface area contributed by atoms with Gasteiger partial charge < -0.3 is 20.8 Å². The smallest absolute Gasteiger partial charge is 0.125 e. The molecule has 2 atom stereocenters. The topological polar surface area (TPSA) is 82.6 Å². The zero-order valence-electron chi connectivity index (χ0n) is 7.67. The van der Waals surface area contributed by atoms with E-state index < -0.39 is 12.2 Å². The first-order chi connectivity index (χ1) is 6.66. The highest BCUT2D eigenvalue weighted by Gasteiger charge is 2.29. The summed E-state index contributed by atoms with van der Waals surface area (Å²) in [4.78, 5) is 5.76. The molecule has 0 aliphatic carbocycles. The fourth-order valence-electron chi connectivity index (χ4n) is 1.61. The number of aromatic nitrogens is 1. The van der Waals surface area contributed by atoms with Gasteiger partial charge in [0.05, 0.1) is 12.2 Å². The number of nitrogens with two attached hydrogens (primary N) is 1. The van der Waals surface area contributed by atoms with Gasteiger partial charge in [-0.15, -0.1) is 0 Å². The second kappa shape index (κ2) is 3.43. The molecule has 4 N–H and O–H groups in total. The molecule has 14 heavy (non-hydrogen) atoms. The Kier molecular flexibility index (Phi) is 2.26. The number of hydrogen-bond donors (Lipinski definition) is 3. The van der Waals surface area contributed by atoms with Gasteiger partial charge in [-0.2, -0.15) is 0 Å². The Bertz CT molecular complexity index is 322. The van der Waals surface area contributed by atoms with Crippen LogP contribution < -0.4 is 10.6 Å². The number of nitrogen functional groups attached to an aromatic ring is 1. The van der Waals surface area contributed by atoms with E-state index >= 15 is 0 Å². The lowest BCUT2D eigenvalue weighted by Gasteiger charge is -2.17. The minimum absolute atomic E-state index is 0.435. The molecule has 1 aromatic rings. The molecule has 2 heterocycles. The van der Waals surface area contributed by atoms with Crippen LogP contribution in [-0.4, -0.2) is 40.5 Å².